The van der Waals surface area contributed by atoms with E-state index >= 15 is 0 Å². The highest BCUT2D eigenvalue weighted by atomic mass is 35.5. The maximum atomic E-state index is 10.8. The molecule has 8 heteroatoms. The van der Waals surface area contributed by atoms with Crippen LogP contribution in [0, 0.1) is 10.1 Å². The number of nitrogens with two attached hydrogens (primary N) is 1. The van der Waals surface area contributed by atoms with Crippen LogP contribution in [-0.2, 0) is 6.61 Å². The van der Waals surface area contributed by atoms with Gasteiger partial charge in [0.2, 0.25) is 0 Å². The van der Waals surface area contributed by atoms with Gasteiger partial charge in [-0.2, -0.15) is 0 Å². The minimum atomic E-state index is -0.487. The highest BCUT2D eigenvalue weighted by Gasteiger charge is 2.11. The van der Waals surface area contributed by atoms with E-state index in [1.807, 2.05) is 0 Å². The lowest BCUT2D eigenvalue weighted by molar-refractivity contribution is -0.384. The molecular weight excluding hydrogens is 317 g/mol. The molecule has 0 unspecified atom stereocenters. The molecule has 0 bridgehead atoms. The van der Waals surface area contributed by atoms with Crippen molar-refractivity contribution in [3.8, 4) is 5.75 Å². The number of nitrogens with one attached hydrogen (secondary N) is 1. The fraction of sp³-hybridized carbons (Fsp3) is 0.0769. The lowest BCUT2D eigenvalue weighted by atomic mass is 10.1. The molecule has 0 saturated carbocycles. The van der Waals surface area contributed by atoms with Gasteiger partial charge in [0.15, 0.2) is 0 Å². The van der Waals surface area contributed by atoms with Crippen molar-refractivity contribution in [2.24, 2.45) is 5.84 Å². The Morgan fingerprint density at radius 3 is 2.62 bits per heavy atom. The Morgan fingerprint density at radius 1 is 1.24 bits per heavy atom. The van der Waals surface area contributed by atoms with Crippen LogP contribution in [0.3, 0.4) is 0 Å². The van der Waals surface area contributed by atoms with Gasteiger partial charge in [0.1, 0.15) is 12.4 Å². The molecule has 0 saturated heterocycles. The number of nitrogens with zero attached hydrogens (tertiary/aromatic N) is 1. The molecule has 6 nitrogen and oxygen atoms in total. The molecule has 0 radical (unpaired) electrons. The first kappa shape index (κ1) is 15.4. The standard InChI is InChI=1S/C13H11Cl2N3O3/c14-9-1-4-13(11(15)6-9)21-7-8-5-10(18(19)20)2-3-12(8)17-16/h1-6,17H,7,16H2. The molecule has 21 heavy (non-hydrogen) atoms. The van der Waals surface area contributed by atoms with Crippen molar-refractivity contribution < 1.29 is 9.66 Å². The summed E-state index contributed by atoms with van der Waals surface area (Å²) in [5.74, 6) is 5.80. The topological polar surface area (TPSA) is 90.4 Å². The van der Waals surface area contributed by atoms with Gasteiger partial charge >= 0.3 is 0 Å². The molecular formula is C13H11Cl2N3O3. The fourth-order valence-electron chi connectivity index (χ4n) is 1.70. The minimum absolute atomic E-state index is 0.0465. The number of non-ortho nitro benzene ring substituents is 1. The summed E-state index contributed by atoms with van der Waals surface area (Å²) in [6.45, 7) is 0.0720. The highest BCUT2D eigenvalue weighted by molar-refractivity contribution is 6.35. The number of benzene rings is 2. The van der Waals surface area contributed by atoms with E-state index in [0.29, 0.717) is 27.0 Å². The molecule has 2 aromatic carbocycles. The predicted octanol–water partition coefficient (Wildman–Crippen LogP) is 3.77. The number of hydrogen-bond acceptors (Lipinski definition) is 5. The Morgan fingerprint density at radius 2 is 2.00 bits per heavy atom. The SMILES string of the molecule is NNc1ccc([N+](=O)[O-])cc1COc1ccc(Cl)cc1Cl. The first-order chi connectivity index (χ1) is 10.0. The second-order valence-electron chi connectivity index (χ2n) is 4.11. The van der Waals surface area contributed by atoms with E-state index in [1.54, 1.807) is 18.2 Å². The van der Waals surface area contributed by atoms with Crippen LogP contribution in [0.5, 0.6) is 5.75 Å². The molecule has 110 valence electrons. The Hall–Kier alpha value is -2.02. The zero-order chi connectivity index (χ0) is 15.4. The first-order valence-electron chi connectivity index (χ1n) is 5.83. The number of nitrogen functional groups attached to an aromatic ring is 1. The number of hydrazine groups is 1. The Balaban J connectivity index is 2.22. The van der Waals surface area contributed by atoms with Gasteiger partial charge in [-0.15, -0.1) is 0 Å². The van der Waals surface area contributed by atoms with Gasteiger partial charge in [-0.05, 0) is 24.3 Å². The molecule has 0 aliphatic heterocycles. The Kier molecular flexibility index (Phi) is 4.85. The second-order valence-corrected chi connectivity index (χ2v) is 4.95. The number of nitro groups is 1. The van der Waals surface area contributed by atoms with Crippen LogP contribution in [0.4, 0.5) is 11.4 Å². The summed E-state index contributed by atoms with van der Waals surface area (Å²) in [6, 6.07) is 9.07. The van der Waals surface area contributed by atoms with Crippen LogP contribution in [0.15, 0.2) is 36.4 Å². The quantitative estimate of drug-likeness (QED) is 0.495. The normalized spacial score (nSPS) is 10.2. The Bertz CT molecular complexity index is 680. The number of nitro benzene ring substituents is 1. The van der Waals surface area contributed by atoms with E-state index in [4.69, 9.17) is 33.8 Å². The molecule has 0 spiro atoms. The number of halogens is 2. The van der Waals surface area contributed by atoms with E-state index in [-0.39, 0.29) is 12.3 Å². The van der Waals surface area contributed by atoms with Gasteiger partial charge in [0.05, 0.1) is 15.6 Å². The van der Waals surface area contributed by atoms with Crippen LogP contribution in [0.25, 0.3) is 0 Å². The number of ether oxygens (including phenoxy) is 1. The summed E-state index contributed by atoms with van der Waals surface area (Å²) < 4.78 is 5.55. The summed E-state index contributed by atoms with van der Waals surface area (Å²) in [7, 11) is 0. The molecule has 0 aliphatic carbocycles. The summed E-state index contributed by atoms with van der Waals surface area (Å²) in [4.78, 5) is 10.3. The van der Waals surface area contributed by atoms with Crippen LogP contribution < -0.4 is 16.0 Å². The number of hydrogen-bond donors (Lipinski definition) is 2. The molecule has 0 fully saturated rings. The van der Waals surface area contributed by atoms with Gasteiger partial charge < -0.3 is 10.2 Å². The number of anilines is 1. The van der Waals surface area contributed by atoms with Crippen molar-refractivity contribution in [3.05, 3.63) is 62.1 Å². The second kappa shape index (κ2) is 6.62. The van der Waals surface area contributed by atoms with Crippen molar-refractivity contribution in [1.29, 1.82) is 0 Å². The van der Waals surface area contributed by atoms with E-state index in [0.717, 1.165) is 0 Å². The molecule has 0 amide bonds. The summed E-state index contributed by atoms with van der Waals surface area (Å²) in [5.41, 5.74) is 3.49. The third-order valence-corrected chi connectivity index (χ3v) is 3.26. The highest BCUT2D eigenvalue weighted by Crippen LogP contribution is 2.29. The third-order valence-electron chi connectivity index (χ3n) is 2.73. The van der Waals surface area contributed by atoms with Crippen molar-refractivity contribution in [2.45, 2.75) is 6.61 Å². The monoisotopic (exact) mass is 327 g/mol. The van der Waals surface area contributed by atoms with Crippen molar-refractivity contribution >= 4 is 34.6 Å². The average molecular weight is 328 g/mol. The maximum absolute atomic E-state index is 10.8. The zero-order valence-electron chi connectivity index (χ0n) is 10.7. The van der Waals surface area contributed by atoms with E-state index in [2.05, 4.69) is 5.43 Å². The van der Waals surface area contributed by atoms with Crippen molar-refractivity contribution in [1.82, 2.24) is 0 Å². The van der Waals surface area contributed by atoms with Gasteiger partial charge in [0.25, 0.3) is 5.69 Å². The first-order valence-corrected chi connectivity index (χ1v) is 6.58. The lowest BCUT2D eigenvalue weighted by Gasteiger charge is -2.11. The summed E-state index contributed by atoms with van der Waals surface area (Å²) in [5, 5.41) is 11.6. The van der Waals surface area contributed by atoms with E-state index in [9.17, 15) is 10.1 Å². The van der Waals surface area contributed by atoms with Gasteiger partial charge in [-0.1, -0.05) is 23.2 Å². The summed E-state index contributed by atoms with van der Waals surface area (Å²) >= 11 is 11.8. The van der Waals surface area contributed by atoms with Gasteiger partial charge in [-0.25, -0.2) is 0 Å². The van der Waals surface area contributed by atoms with Crippen LogP contribution in [0.1, 0.15) is 5.56 Å². The lowest BCUT2D eigenvalue weighted by Crippen LogP contribution is -2.10. The third kappa shape index (κ3) is 3.75. The van der Waals surface area contributed by atoms with E-state index < -0.39 is 4.92 Å². The molecule has 0 heterocycles. The zero-order valence-corrected chi connectivity index (χ0v) is 12.2. The summed E-state index contributed by atoms with van der Waals surface area (Å²) in [6.07, 6.45) is 0. The average Bonchev–Trinajstić information content (AvgIpc) is 2.46. The molecule has 3 N–H and O–H groups in total. The predicted molar refractivity (Wildman–Crippen MR) is 81.7 cm³/mol. The molecule has 2 rings (SSSR count). The molecule has 2 aromatic rings. The van der Waals surface area contributed by atoms with Crippen molar-refractivity contribution in [2.75, 3.05) is 5.43 Å². The maximum Gasteiger partial charge on any atom is 0.269 e. The fourth-order valence-corrected chi connectivity index (χ4v) is 2.16. The van der Waals surface area contributed by atoms with Gasteiger partial charge in [-0.3, -0.25) is 16.0 Å². The van der Waals surface area contributed by atoms with Crippen LogP contribution in [0.2, 0.25) is 10.0 Å². The molecule has 0 aromatic heterocycles. The molecule has 0 atom stereocenters. The van der Waals surface area contributed by atoms with E-state index in [1.165, 1.54) is 18.2 Å². The smallest absolute Gasteiger partial charge is 0.269 e. The Labute approximate surface area is 130 Å². The van der Waals surface area contributed by atoms with Crippen LogP contribution in [-0.4, -0.2) is 4.92 Å². The van der Waals surface area contributed by atoms with Crippen molar-refractivity contribution in [3.63, 3.8) is 0 Å². The number of rotatable bonds is 5. The minimum Gasteiger partial charge on any atom is -0.487 e. The van der Waals surface area contributed by atoms with Gasteiger partial charge in [0, 0.05) is 22.7 Å². The van der Waals surface area contributed by atoms with Crippen LogP contribution >= 0.6 is 23.2 Å². The largest absolute Gasteiger partial charge is 0.487 e. The molecule has 0 aliphatic rings.